The van der Waals surface area contributed by atoms with Crippen LogP contribution in [0.2, 0.25) is 0 Å². The van der Waals surface area contributed by atoms with Gasteiger partial charge < -0.3 is 14.7 Å². The van der Waals surface area contributed by atoms with E-state index in [0.29, 0.717) is 13.0 Å². The van der Waals surface area contributed by atoms with Crippen LogP contribution in [0.3, 0.4) is 0 Å². The molecule has 0 aromatic carbocycles. The maximum Gasteiger partial charge on any atom is 0.230 e. The highest BCUT2D eigenvalue weighted by Crippen LogP contribution is 2.40. The van der Waals surface area contributed by atoms with Crippen LogP contribution >= 0.6 is 0 Å². The van der Waals surface area contributed by atoms with E-state index >= 15 is 0 Å². The van der Waals surface area contributed by atoms with Crippen LogP contribution in [0.5, 0.6) is 0 Å². The molecule has 11 heteroatoms. The fourth-order valence-electron chi connectivity index (χ4n) is 4.73. The lowest BCUT2D eigenvalue weighted by Gasteiger charge is -2.48. The Bertz CT molecular complexity index is 715. The summed E-state index contributed by atoms with van der Waals surface area (Å²) in [5.41, 5.74) is 6.31. The molecule has 2 unspecified atom stereocenters. The SMILES string of the molecule is CN(C)CCN1CC2(CCC1=O)CCN(C(=O)C1CNNC1n1cnnn1)CC2. The fraction of sp³-hybridized carbons (Fsp3) is 0.833. The minimum absolute atomic E-state index is 0.134. The first-order valence-corrected chi connectivity index (χ1v) is 10.4. The molecule has 3 fully saturated rings. The third kappa shape index (κ3) is 4.26. The van der Waals surface area contributed by atoms with Gasteiger partial charge in [0.15, 0.2) is 0 Å². The summed E-state index contributed by atoms with van der Waals surface area (Å²) in [6.45, 7) is 4.52. The van der Waals surface area contributed by atoms with Gasteiger partial charge in [-0.3, -0.25) is 15.0 Å². The average Bonchev–Trinajstić information content (AvgIpc) is 3.40. The number of nitrogens with zero attached hydrogens (tertiary/aromatic N) is 7. The van der Waals surface area contributed by atoms with E-state index in [9.17, 15) is 9.59 Å². The van der Waals surface area contributed by atoms with Crippen molar-refractivity contribution in [3.8, 4) is 0 Å². The molecule has 2 amide bonds. The van der Waals surface area contributed by atoms with E-state index in [1.807, 2.05) is 23.9 Å². The normalized spacial score (nSPS) is 27.2. The van der Waals surface area contributed by atoms with Gasteiger partial charge in [-0.15, -0.1) is 5.10 Å². The quantitative estimate of drug-likeness (QED) is 0.621. The van der Waals surface area contributed by atoms with Crippen molar-refractivity contribution in [1.29, 1.82) is 0 Å². The predicted octanol–water partition coefficient (Wildman–Crippen LogP) is -1.31. The van der Waals surface area contributed by atoms with E-state index in [2.05, 4.69) is 31.3 Å². The highest BCUT2D eigenvalue weighted by molar-refractivity contribution is 5.80. The summed E-state index contributed by atoms with van der Waals surface area (Å²) in [5, 5.41) is 11.3. The van der Waals surface area contributed by atoms with Gasteiger partial charge in [-0.2, -0.15) is 0 Å². The summed E-state index contributed by atoms with van der Waals surface area (Å²) in [6.07, 6.45) is 4.71. The van der Waals surface area contributed by atoms with Gasteiger partial charge in [-0.1, -0.05) is 0 Å². The standard InChI is InChI=1S/C18H31N9O2/c1-24(2)9-10-26-12-18(4-3-15(26)28)5-7-25(8-6-18)17(29)14-11-19-21-16(14)27-13-20-22-23-27/h13-14,16,19,21H,3-12H2,1-2H3. The Morgan fingerprint density at radius 3 is 2.79 bits per heavy atom. The van der Waals surface area contributed by atoms with Crippen LogP contribution in [-0.2, 0) is 9.59 Å². The molecule has 2 N–H and O–H groups in total. The minimum Gasteiger partial charge on any atom is -0.342 e. The van der Waals surface area contributed by atoms with Crippen LogP contribution in [0.25, 0.3) is 0 Å². The lowest BCUT2D eigenvalue weighted by Crippen LogP contribution is -2.54. The van der Waals surface area contributed by atoms with Crippen LogP contribution in [0.1, 0.15) is 31.8 Å². The number of likely N-dealkylation sites (N-methyl/N-ethyl adjacent to an activating group) is 1. The molecule has 2 atom stereocenters. The lowest BCUT2D eigenvalue weighted by atomic mass is 9.72. The number of carbonyl (C=O) groups excluding carboxylic acids is 2. The van der Waals surface area contributed by atoms with Gasteiger partial charge in [0.1, 0.15) is 12.5 Å². The molecule has 3 aliphatic heterocycles. The van der Waals surface area contributed by atoms with E-state index in [1.165, 1.54) is 6.33 Å². The maximum absolute atomic E-state index is 13.2. The number of hydrogen-bond acceptors (Lipinski definition) is 8. The third-order valence-electron chi connectivity index (χ3n) is 6.62. The number of carbonyl (C=O) groups is 2. The number of aromatic nitrogens is 4. The fourth-order valence-corrected chi connectivity index (χ4v) is 4.73. The molecule has 0 saturated carbocycles. The Kier molecular flexibility index (Phi) is 5.79. The molecule has 160 valence electrons. The average molecular weight is 406 g/mol. The summed E-state index contributed by atoms with van der Waals surface area (Å²) >= 11 is 0. The first kappa shape index (κ1) is 20.2. The second kappa shape index (κ2) is 8.33. The lowest BCUT2D eigenvalue weighted by molar-refractivity contribution is -0.144. The van der Waals surface area contributed by atoms with Crippen LogP contribution < -0.4 is 10.9 Å². The van der Waals surface area contributed by atoms with Gasteiger partial charge in [0.05, 0.1) is 5.92 Å². The summed E-state index contributed by atoms with van der Waals surface area (Å²) < 4.78 is 1.59. The van der Waals surface area contributed by atoms with Crippen LogP contribution in [0.15, 0.2) is 6.33 Å². The first-order chi connectivity index (χ1) is 14.0. The van der Waals surface area contributed by atoms with Crippen molar-refractivity contribution < 1.29 is 9.59 Å². The van der Waals surface area contributed by atoms with E-state index in [-0.39, 0.29) is 29.3 Å². The van der Waals surface area contributed by atoms with Crippen LogP contribution in [0.4, 0.5) is 0 Å². The molecular formula is C18H31N9O2. The Morgan fingerprint density at radius 1 is 1.31 bits per heavy atom. The van der Waals surface area contributed by atoms with Crippen LogP contribution in [-0.4, -0.2) is 100 Å². The molecule has 0 radical (unpaired) electrons. The van der Waals surface area contributed by atoms with Crippen LogP contribution in [0, 0.1) is 11.3 Å². The number of nitrogens with one attached hydrogen (secondary N) is 2. The Hall–Kier alpha value is -2.11. The molecule has 1 aromatic heterocycles. The zero-order valence-corrected chi connectivity index (χ0v) is 17.3. The second-order valence-electron chi connectivity index (χ2n) is 8.81. The van der Waals surface area contributed by atoms with Crippen molar-refractivity contribution in [3.63, 3.8) is 0 Å². The summed E-state index contributed by atoms with van der Waals surface area (Å²) in [7, 11) is 4.06. The first-order valence-electron chi connectivity index (χ1n) is 10.4. The molecule has 4 heterocycles. The van der Waals surface area contributed by atoms with Gasteiger partial charge in [0, 0.05) is 45.7 Å². The molecule has 29 heavy (non-hydrogen) atoms. The smallest absolute Gasteiger partial charge is 0.230 e. The monoisotopic (exact) mass is 405 g/mol. The number of tetrazole rings is 1. The number of hydrazine groups is 1. The van der Waals surface area contributed by atoms with Gasteiger partial charge in [0.25, 0.3) is 0 Å². The maximum atomic E-state index is 13.2. The Balaban J connectivity index is 1.35. The largest absolute Gasteiger partial charge is 0.342 e. The Labute approximate surface area is 170 Å². The third-order valence-corrected chi connectivity index (χ3v) is 6.62. The predicted molar refractivity (Wildman–Crippen MR) is 104 cm³/mol. The topological polar surface area (TPSA) is 112 Å². The van der Waals surface area contributed by atoms with E-state index in [0.717, 1.165) is 52.0 Å². The summed E-state index contributed by atoms with van der Waals surface area (Å²) in [5.74, 6) is 0.162. The highest BCUT2D eigenvalue weighted by Gasteiger charge is 2.44. The number of hydrogen-bond donors (Lipinski definition) is 2. The number of amides is 2. The molecule has 1 aromatic rings. The molecule has 3 saturated heterocycles. The zero-order chi connectivity index (χ0) is 20.4. The van der Waals surface area contributed by atoms with Crippen molar-refractivity contribution in [3.05, 3.63) is 6.33 Å². The zero-order valence-electron chi connectivity index (χ0n) is 17.3. The molecule has 3 aliphatic rings. The number of piperidine rings is 2. The van der Waals surface area contributed by atoms with Gasteiger partial charge in [-0.25, -0.2) is 10.1 Å². The number of likely N-dealkylation sites (tertiary alicyclic amines) is 2. The molecule has 11 nitrogen and oxygen atoms in total. The van der Waals surface area contributed by atoms with Crippen molar-refractivity contribution in [2.75, 3.05) is 53.4 Å². The van der Waals surface area contributed by atoms with Crippen molar-refractivity contribution in [2.24, 2.45) is 11.3 Å². The Morgan fingerprint density at radius 2 is 2.10 bits per heavy atom. The molecule has 0 aliphatic carbocycles. The molecule has 1 spiro atoms. The molecule has 4 rings (SSSR count). The minimum atomic E-state index is -0.276. The van der Waals surface area contributed by atoms with E-state index in [1.54, 1.807) is 4.68 Å². The molecule has 0 bridgehead atoms. The van der Waals surface area contributed by atoms with Crippen molar-refractivity contribution in [2.45, 2.75) is 31.8 Å². The summed E-state index contributed by atoms with van der Waals surface area (Å²) in [4.78, 5) is 31.6. The number of rotatable bonds is 5. The van der Waals surface area contributed by atoms with Gasteiger partial charge >= 0.3 is 0 Å². The van der Waals surface area contributed by atoms with E-state index < -0.39 is 0 Å². The second-order valence-corrected chi connectivity index (χ2v) is 8.81. The van der Waals surface area contributed by atoms with Crippen molar-refractivity contribution >= 4 is 11.8 Å². The van der Waals surface area contributed by atoms with E-state index in [4.69, 9.17) is 0 Å². The highest BCUT2D eigenvalue weighted by atomic mass is 16.2. The summed E-state index contributed by atoms with van der Waals surface area (Å²) in [6, 6.07) is 0. The molecular weight excluding hydrogens is 374 g/mol. The van der Waals surface area contributed by atoms with Crippen molar-refractivity contribution in [1.82, 2.24) is 45.8 Å². The van der Waals surface area contributed by atoms with Gasteiger partial charge in [0.2, 0.25) is 11.8 Å². The van der Waals surface area contributed by atoms with Gasteiger partial charge in [-0.05, 0) is 49.2 Å².